The van der Waals surface area contributed by atoms with Gasteiger partial charge in [-0.25, -0.2) is 4.98 Å². The topological polar surface area (TPSA) is 105 Å². The summed E-state index contributed by atoms with van der Waals surface area (Å²) in [6, 6.07) is 1.37. The summed E-state index contributed by atoms with van der Waals surface area (Å²) in [7, 11) is 0. The van der Waals surface area contributed by atoms with Crippen LogP contribution in [0.15, 0.2) is 17.3 Å². The van der Waals surface area contributed by atoms with Gasteiger partial charge in [-0.2, -0.15) is 0 Å². The zero-order chi connectivity index (χ0) is 13.5. The van der Waals surface area contributed by atoms with E-state index >= 15 is 0 Å². The molecule has 0 aliphatic heterocycles. The number of azide groups is 1. The van der Waals surface area contributed by atoms with Crippen molar-refractivity contribution in [1.82, 2.24) is 4.98 Å². The minimum Gasteiger partial charge on any atom is -0.258 e. The molecule has 18 heavy (non-hydrogen) atoms. The lowest BCUT2D eigenvalue weighted by molar-refractivity contribution is -0.385. The Morgan fingerprint density at radius 2 is 2.44 bits per heavy atom. The number of nitrogens with zero attached hydrogens (tertiary/aromatic N) is 5. The fourth-order valence-corrected chi connectivity index (χ4v) is 1.51. The van der Waals surface area contributed by atoms with E-state index in [1.54, 1.807) is 12.2 Å². The van der Waals surface area contributed by atoms with Crippen LogP contribution in [0, 0.1) is 17.0 Å². The summed E-state index contributed by atoms with van der Waals surface area (Å²) in [4.78, 5) is 16.8. The van der Waals surface area contributed by atoms with Crippen molar-refractivity contribution in [3.63, 3.8) is 0 Å². The van der Waals surface area contributed by atoms with Gasteiger partial charge < -0.3 is 0 Å². The highest BCUT2D eigenvalue weighted by atomic mass is 35.5. The van der Waals surface area contributed by atoms with E-state index in [4.69, 9.17) is 17.1 Å². The van der Waals surface area contributed by atoms with Crippen molar-refractivity contribution >= 4 is 23.4 Å². The van der Waals surface area contributed by atoms with Crippen molar-refractivity contribution in [1.29, 1.82) is 0 Å². The lowest BCUT2D eigenvalue weighted by Gasteiger charge is -2.01. The van der Waals surface area contributed by atoms with Crippen LogP contribution in [0.2, 0.25) is 5.15 Å². The SMILES string of the molecule is Cc1nc(Cl)c(C=CCCN=[N+]=[N-])cc1[N+](=O)[O-]. The second kappa shape index (κ2) is 6.58. The van der Waals surface area contributed by atoms with Crippen LogP contribution in [-0.2, 0) is 0 Å². The highest BCUT2D eigenvalue weighted by molar-refractivity contribution is 6.30. The van der Waals surface area contributed by atoms with Gasteiger partial charge in [-0.15, -0.1) is 0 Å². The van der Waals surface area contributed by atoms with Gasteiger partial charge in [0.25, 0.3) is 5.69 Å². The van der Waals surface area contributed by atoms with E-state index in [9.17, 15) is 10.1 Å². The molecule has 0 saturated carbocycles. The number of aryl methyl sites for hydroxylation is 1. The summed E-state index contributed by atoms with van der Waals surface area (Å²) in [5, 5.41) is 14.3. The molecule has 0 amide bonds. The Morgan fingerprint density at radius 1 is 1.72 bits per heavy atom. The largest absolute Gasteiger partial charge is 0.291 e. The molecule has 0 aromatic carbocycles. The molecule has 0 saturated heterocycles. The Morgan fingerprint density at radius 3 is 3.06 bits per heavy atom. The molecule has 0 bridgehead atoms. The van der Waals surface area contributed by atoms with Crippen molar-refractivity contribution in [3.05, 3.63) is 49.1 Å². The second-order valence-corrected chi connectivity index (χ2v) is 3.73. The standard InChI is InChI=1S/C10H10ClN5O2/c1-7-9(16(17)18)6-8(10(11)14-7)4-2-3-5-13-15-12/h2,4,6H,3,5H2,1H3. The van der Waals surface area contributed by atoms with Gasteiger partial charge in [-0.05, 0) is 18.9 Å². The molecular weight excluding hydrogens is 258 g/mol. The molecule has 1 aromatic heterocycles. The quantitative estimate of drug-likeness (QED) is 0.154. The number of hydrogen-bond donors (Lipinski definition) is 0. The maximum absolute atomic E-state index is 10.7. The third-order valence-corrected chi connectivity index (χ3v) is 2.42. The Labute approximate surface area is 108 Å². The maximum Gasteiger partial charge on any atom is 0.291 e. The predicted molar refractivity (Wildman–Crippen MR) is 68.3 cm³/mol. The maximum atomic E-state index is 10.7. The molecular formula is C10H10ClN5O2. The number of hydrogen-bond acceptors (Lipinski definition) is 4. The van der Waals surface area contributed by atoms with Crippen LogP contribution in [0.5, 0.6) is 0 Å². The van der Waals surface area contributed by atoms with Gasteiger partial charge in [0, 0.05) is 23.1 Å². The number of halogens is 1. The lowest BCUT2D eigenvalue weighted by atomic mass is 10.2. The average Bonchev–Trinajstić information content (AvgIpc) is 2.30. The molecule has 0 spiro atoms. The molecule has 8 heteroatoms. The fraction of sp³-hybridized carbons (Fsp3) is 0.300. The van der Waals surface area contributed by atoms with Gasteiger partial charge in [-0.3, -0.25) is 10.1 Å². The van der Waals surface area contributed by atoms with Gasteiger partial charge >= 0.3 is 0 Å². The lowest BCUT2D eigenvalue weighted by Crippen LogP contribution is -1.96. The van der Waals surface area contributed by atoms with E-state index in [0.29, 0.717) is 18.5 Å². The zero-order valence-electron chi connectivity index (χ0n) is 9.58. The van der Waals surface area contributed by atoms with Crippen LogP contribution in [0.25, 0.3) is 16.5 Å². The van der Waals surface area contributed by atoms with Crippen LogP contribution >= 0.6 is 11.6 Å². The number of nitro groups is 1. The van der Waals surface area contributed by atoms with E-state index < -0.39 is 4.92 Å². The monoisotopic (exact) mass is 267 g/mol. The predicted octanol–water partition coefficient (Wildman–Crippen LogP) is 3.67. The van der Waals surface area contributed by atoms with Crippen molar-refractivity contribution in [2.75, 3.05) is 6.54 Å². The first-order valence-electron chi connectivity index (χ1n) is 5.05. The van der Waals surface area contributed by atoms with E-state index in [1.807, 2.05) is 0 Å². The molecule has 0 N–H and O–H groups in total. The van der Waals surface area contributed by atoms with Gasteiger partial charge in [0.1, 0.15) is 10.8 Å². The Hall–Kier alpha value is -2.11. The minimum atomic E-state index is -0.504. The summed E-state index contributed by atoms with van der Waals surface area (Å²) in [5.74, 6) is 0. The smallest absolute Gasteiger partial charge is 0.258 e. The Bertz CT molecular complexity index is 537. The molecule has 0 unspecified atom stereocenters. The van der Waals surface area contributed by atoms with Crippen molar-refractivity contribution in [3.8, 4) is 0 Å². The Kier molecular flexibility index (Phi) is 5.10. The molecule has 94 valence electrons. The zero-order valence-corrected chi connectivity index (χ0v) is 10.3. The van der Waals surface area contributed by atoms with Crippen molar-refractivity contribution in [2.24, 2.45) is 5.11 Å². The van der Waals surface area contributed by atoms with Crippen LogP contribution in [-0.4, -0.2) is 16.5 Å². The van der Waals surface area contributed by atoms with Crippen LogP contribution < -0.4 is 0 Å². The molecule has 0 radical (unpaired) electrons. The first kappa shape index (κ1) is 14.0. The van der Waals surface area contributed by atoms with Gasteiger partial charge in [0.2, 0.25) is 0 Å². The van der Waals surface area contributed by atoms with Crippen LogP contribution in [0.4, 0.5) is 5.69 Å². The summed E-state index contributed by atoms with van der Waals surface area (Å²) < 4.78 is 0. The van der Waals surface area contributed by atoms with Gasteiger partial charge in [-0.1, -0.05) is 28.9 Å². The summed E-state index contributed by atoms with van der Waals surface area (Å²) in [6.07, 6.45) is 3.87. The first-order chi connectivity index (χ1) is 8.56. The highest BCUT2D eigenvalue weighted by Gasteiger charge is 2.14. The normalized spacial score (nSPS) is 10.3. The van der Waals surface area contributed by atoms with Crippen LogP contribution in [0.3, 0.4) is 0 Å². The van der Waals surface area contributed by atoms with E-state index in [0.717, 1.165) is 0 Å². The molecule has 0 fully saturated rings. The van der Waals surface area contributed by atoms with Gasteiger partial charge in [0.05, 0.1) is 4.92 Å². The summed E-state index contributed by atoms with van der Waals surface area (Å²) >= 11 is 5.88. The highest BCUT2D eigenvalue weighted by Crippen LogP contribution is 2.24. The number of rotatable bonds is 5. The number of pyridine rings is 1. The van der Waals surface area contributed by atoms with Gasteiger partial charge in [0.15, 0.2) is 0 Å². The third kappa shape index (κ3) is 3.73. The molecule has 1 rings (SSSR count). The number of aromatic nitrogens is 1. The molecule has 1 heterocycles. The summed E-state index contributed by atoms with van der Waals surface area (Å²) in [6.45, 7) is 1.85. The second-order valence-electron chi connectivity index (χ2n) is 3.38. The third-order valence-electron chi connectivity index (χ3n) is 2.12. The molecule has 7 nitrogen and oxygen atoms in total. The van der Waals surface area contributed by atoms with Crippen molar-refractivity contribution in [2.45, 2.75) is 13.3 Å². The average molecular weight is 268 g/mol. The summed E-state index contributed by atoms with van der Waals surface area (Å²) in [5.41, 5.74) is 8.75. The first-order valence-corrected chi connectivity index (χ1v) is 5.43. The molecule has 0 aliphatic rings. The van der Waals surface area contributed by atoms with E-state index in [-0.39, 0.29) is 16.5 Å². The minimum absolute atomic E-state index is 0.0749. The fourth-order valence-electron chi connectivity index (χ4n) is 1.27. The van der Waals surface area contributed by atoms with E-state index in [1.165, 1.54) is 13.0 Å². The van der Waals surface area contributed by atoms with Crippen molar-refractivity contribution < 1.29 is 4.92 Å². The molecule has 0 aliphatic carbocycles. The molecule has 1 aromatic rings. The Balaban J connectivity index is 2.91. The van der Waals surface area contributed by atoms with Crippen LogP contribution in [0.1, 0.15) is 17.7 Å². The molecule has 0 atom stereocenters. The van der Waals surface area contributed by atoms with E-state index in [2.05, 4.69) is 15.0 Å².